The largest absolute Gasteiger partial charge is 0.500 e. The second-order valence-electron chi connectivity index (χ2n) is 7.28. The van der Waals surface area contributed by atoms with Gasteiger partial charge in [0.05, 0.1) is 17.2 Å². The molecule has 2 N–H and O–H groups in total. The zero-order valence-corrected chi connectivity index (χ0v) is 17.6. The number of nitrogens with zero attached hydrogens (tertiary/aromatic N) is 2. The highest BCUT2D eigenvalue weighted by atomic mass is 16.6. The average Bonchev–Trinajstić information content (AvgIpc) is 2.73. The van der Waals surface area contributed by atoms with Gasteiger partial charge < -0.3 is 9.84 Å². The van der Waals surface area contributed by atoms with E-state index in [4.69, 9.17) is 4.74 Å². The number of hydrogen-bond donors (Lipinski definition) is 2. The summed E-state index contributed by atoms with van der Waals surface area (Å²) in [6.07, 6.45) is 1.11. The lowest BCUT2D eigenvalue weighted by Crippen LogP contribution is -2.54. The maximum absolute atomic E-state index is 13.0. The molecule has 0 bridgehead atoms. The van der Waals surface area contributed by atoms with Crippen molar-refractivity contribution in [2.75, 3.05) is 11.5 Å². The van der Waals surface area contributed by atoms with Crippen molar-refractivity contribution < 1.29 is 29.2 Å². The molecule has 10 heteroatoms. The number of nitro benzene ring substituents is 1. The van der Waals surface area contributed by atoms with E-state index < -0.39 is 39.8 Å². The minimum Gasteiger partial charge on any atom is -0.500 e. The van der Waals surface area contributed by atoms with E-state index in [1.165, 1.54) is 6.07 Å². The number of hydrogen-bond acceptors (Lipinski definition) is 7. The van der Waals surface area contributed by atoms with E-state index in [1.807, 2.05) is 13.8 Å². The Balaban J connectivity index is 2.05. The minimum absolute atomic E-state index is 0.0703. The Hall–Kier alpha value is -4.21. The lowest BCUT2D eigenvalue weighted by atomic mass is 10.0. The third-order valence-corrected chi connectivity index (χ3v) is 4.80. The molecule has 32 heavy (non-hydrogen) atoms. The van der Waals surface area contributed by atoms with Crippen LogP contribution >= 0.6 is 0 Å². The van der Waals surface area contributed by atoms with Crippen LogP contribution in [-0.4, -0.2) is 34.5 Å². The molecule has 4 amide bonds. The van der Waals surface area contributed by atoms with E-state index in [0.29, 0.717) is 0 Å². The number of carbonyl (C=O) groups excluding carboxylic acids is 3. The summed E-state index contributed by atoms with van der Waals surface area (Å²) in [6, 6.07) is 8.11. The molecular weight excluding hydrogens is 418 g/mol. The van der Waals surface area contributed by atoms with Gasteiger partial charge >= 0.3 is 11.7 Å². The number of benzene rings is 2. The highest BCUT2D eigenvalue weighted by molar-refractivity contribution is 6.39. The average molecular weight is 439 g/mol. The fourth-order valence-electron chi connectivity index (χ4n) is 3.17. The van der Waals surface area contributed by atoms with Crippen LogP contribution in [0.5, 0.6) is 11.5 Å². The first-order valence-corrected chi connectivity index (χ1v) is 9.79. The number of imide groups is 2. The van der Waals surface area contributed by atoms with Crippen LogP contribution in [0.15, 0.2) is 42.0 Å². The molecule has 0 aliphatic carbocycles. The second kappa shape index (κ2) is 8.88. The van der Waals surface area contributed by atoms with Crippen LogP contribution in [0.2, 0.25) is 0 Å². The Kier molecular flexibility index (Phi) is 6.24. The normalized spacial score (nSPS) is 15.3. The van der Waals surface area contributed by atoms with E-state index in [1.54, 1.807) is 31.2 Å². The van der Waals surface area contributed by atoms with Crippen molar-refractivity contribution in [3.8, 4) is 11.5 Å². The summed E-state index contributed by atoms with van der Waals surface area (Å²) in [5.41, 5.74) is 0.289. The number of aromatic hydroxyl groups is 1. The van der Waals surface area contributed by atoms with Crippen LogP contribution < -0.4 is 15.0 Å². The van der Waals surface area contributed by atoms with Gasteiger partial charge in [-0.1, -0.05) is 26.0 Å². The van der Waals surface area contributed by atoms with Crippen molar-refractivity contribution >= 4 is 35.3 Å². The Labute approximate surface area is 183 Å². The van der Waals surface area contributed by atoms with Gasteiger partial charge in [-0.05, 0) is 48.2 Å². The maximum Gasteiger partial charge on any atom is 0.335 e. The molecule has 1 saturated heterocycles. The molecule has 0 saturated carbocycles. The number of nitro groups is 1. The van der Waals surface area contributed by atoms with Gasteiger partial charge in [-0.15, -0.1) is 0 Å². The summed E-state index contributed by atoms with van der Waals surface area (Å²) in [4.78, 5) is 49.0. The molecule has 1 aliphatic heterocycles. The molecule has 0 radical (unpaired) electrons. The van der Waals surface area contributed by atoms with Crippen LogP contribution in [0.25, 0.3) is 6.08 Å². The molecule has 1 aliphatic rings. The van der Waals surface area contributed by atoms with Gasteiger partial charge in [0.15, 0.2) is 5.75 Å². The molecule has 0 spiro atoms. The number of ether oxygens (including phenoxy) is 1. The summed E-state index contributed by atoms with van der Waals surface area (Å²) in [5.74, 6) is -2.42. The van der Waals surface area contributed by atoms with Gasteiger partial charge in [0.25, 0.3) is 11.8 Å². The number of rotatable bonds is 6. The van der Waals surface area contributed by atoms with Crippen LogP contribution in [0.3, 0.4) is 0 Å². The third kappa shape index (κ3) is 4.29. The molecule has 2 aromatic carbocycles. The van der Waals surface area contributed by atoms with Crippen molar-refractivity contribution in [3.05, 3.63) is 63.2 Å². The summed E-state index contributed by atoms with van der Waals surface area (Å²) in [5, 5.41) is 23.4. The van der Waals surface area contributed by atoms with Crippen molar-refractivity contribution in [1.29, 1.82) is 0 Å². The predicted molar refractivity (Wildman–Crippen MR) is 115 cm³/mol. The van der Waals surface area contributed by atoms with E-state index in [9.17, 15) is 29.6 Å². The Morgan fingerprint density at radius 3 is 2.41 bits per heavy atom. The summed E-state index contributed by atoms with van der Waals surface area (Å²) in [7, 11) is 0. The number of anilines is 1. The molecule has 0 aromatic heterocycles. The lowest BCUT2D eigenvalue weighted by Gasteiger charge is -2.26. The predicted octanol–water partition coefficient (Wildman–Crippen LogP) is 3.49. The third-order valence-electron chi connectivity index (χ3n) is 4.80. The Morgan fingerprint density at radius 1 is 1.19 bits per heavy atom. The quantitative estimate of drug-likeness (QED) is 0.304. The SMILES string of the molecule is CCOc1cc(C=C2C(=O)NC(=O)N(c3ccc(C(C)C)cc3)C2=O)cc([N+](=O)[O-])c1O. The fourth-order valence-corrected chi connectivity index (χ4v) is 3.17. The van der Waals surface area contributed by atoms with E-state index in [0.717, 1.165) is 22.6 Å². The summed E-state index contributed by atoms with van der Waals surface area (Å²) in [6.45, 7) is 5.75. The number of carbonyl (C=O) groups is 3. The zero-order chi connectivity index (χ0) is 23.6. The molecule has 10 nitrogen and oxygen atoms in total. The number of urea groups is 1. The van der Waals surface area contributed by atoms with Gasteiger partial charge in [0.2, 0.25) is 5.75 Å². The second-order valence-corrected chi connectivity index (χ2v) is 7.28. The summed E-state index contributed by atoms with van der Waals surface area (Å²) >= 11 is 0. The maximum atomic E-state index is 13.0. The number of amides is 4. The summed E-state index contributed by atoms with van der Waals surface area (Å²) < 4.78 is 5.22. The minimum atomic E-state index is -0.941. The highest BCUT2D eigenvalue weighted by Gasteiger charge is 2.37. The first-order valence-electron chi connectivity index (χ1n) is 9.79. The highest BCUT2D eigenvalue weighted by Crippen LogP contribution is 2.38. The van der Waals surface area contributed by atoms with Crippen LogP contribution in [-0.2, 0) is 9.59 Å². The molecular formula is C22H21N3O7. The van der Waals surface area contributed by atoms with Gasteiger partial charge in [0.1, 0.15) is 5.57 Å². The molecule has 1 fully saturated rings. The van der Waals surface area contributed by atoms with Gasteiger partial charge in [-0.3, -0.25) is 25.0 Å². The van der Waals surface area contributed by atoms with Crippen LogP contribution in [0.1, 0.15) is 37.8 Å². The number of phenols is 1. The Morgan fingerprint density at radius 2 is 1.84 bits per heavy atom. The molecule has 0 atom stereocenters. The number of nitrogens with one attached hydrogen (secondary N) is 1. The first kappa shape index (κ1) is 22.5. The van der Waals surface area contributed by atoms with Crippen molar-refractivity contribution in [2.45, 2.75) is 26.7 Å². The Bertz CT molecular complexity index is 1140. The van der Waals surface area contributed by atoms with Crippen LogP contribution in [0.4, 0.5) is 16.2 Å². The van der Waals surface area contributed by atoms with Crippen LogP contribution in [0, 0.1) is 10.1 Å². The van der Waals surface area contributed by atoms with Gasteiger partial charge in [-0.2, -0.15) is 0 Å². The monoisotopic (exact) mass is 439 g/mol. The van der Waals surface area contributed by atoms with Gasteiger partial charge in [-0.25, -0.2) is 9.69 Å². The van der Waals surface area contributed by atoms with E-state index >= 15 is 0 Å². The molecule has 166 valence electrons. The zero-order valence-electron chi connectivity index (χ0n) is 17.6. The van der Waals surface area contributed by atoms with Crippen molar-refractivity contribution in [1.82, 2.24) is 5.32 Å². The topological polar surface area (TPSA) is 139 Å². The van der Waals surface area contributed by atoms with E-state index in [2.05, 4.69) is 5.32 Å². The van der Waals surface area contributed by atoms with Gasteiger partial charge in [0, 0.05) is 6.07 Å². The first-order chi connectivity index (χ1) is 15.1. The fraction of sp³-hybridized carbons (Fsp3) is 0.227. The number of phenolic OH excluding ortho intramolecular Hbond substituents is 1. The molecule has 3 rings (SSSR count). The molecule has 0 unspecified atom stereocenters. The molecule has 2 aromatic rings. The lowest BCUT2D eigenvalue weighted by molar-refractivity contribution is -0.386. The standard InChI is InChI=1S/C22H21N3O7/c1-4-32-18-11-13(10-17(19(18)26)25(30)31)9-16-20(27)23-22(29)24(21(16)28)15-7-5-14(6-8-15)12(2)3/h5-12,26H,4H2,1-3H3,(H,23,27,29). The molecule has 1 heterocycles. The number of barbiturate groups is 1. The smallest absolute Gasteiger partial charge is 0.335 e. The van der Waals surface area contributed by atoms with E-state index in [-0.39, 0.29) is 29.5 Å². The van der Waals surface area contributed by atoms with Crippen molar-refractivity contribution in [2.24, 2.45) is 0 Å². The van der Waals surface area contributed by atoms with Crippen molar-refractivity contribution in [3.63, 3.8) is 0 Å².